The van der Waals surface area contributed by atoms with Crippen LogP contribution in [0.25, 0.3) is 27.8 Å². The smallest absolute Gasteiger partial charge is 0.167 e. The number of benzene rings is 1. The van der Waals surface area contributed by atoms with Gasteiger partial charge in [-0.15, -0.1) is 0 Å². The average molecular weight is 275 g/mol. The van der Waals surface area contributed by atoms with E-state index in [0.717, 1.165) is 39.7 Å². The molecule has 0 saturated heterocycles. The highest BCUT2D eigenvalue weighted by atomic mass is 16.3. The molecule has 0 aliphatic heterocycles. The summed E-state index contributed by atoms with van der Waals surface area (Å²) >= 11 is 0. The topological polar surface area (TPSA) is 34.6 Å². The van der Waals surface area contributed by atoms with Gasteiger partial charge in [0.15, 0.2) is 6.29 Å². The van der Waals surface area contributed by atoms with Crippen molar-refractivity contribution in [1.82, 2.24) is 4.40 Å². The van der Waals surface area contributed by atoms with E-state index in [9.17, 15) is 4.79 Å². The Bertz CT molecular complexity index is 942. The number of rotatable bonds is 2. The lowest BCUT2D eigenvalue weighted by Crippen LogP contribution is -1.92. The Hall–Kier alpha value is -2.81. The molecule has 3 aromatic heterocycles. The third-order valence-corrected chi connectivity index (χ3v) is 3.86. The number of carbonyl (C=O) groups excluding carboxylic acids is 1. The first kappa shape index (κ1) is 12.0. The van der Waals surface area contributed by atoms with E-state index in [1.165, 1.54) is 0 Å². The van der Waals surface area contributed by atoms with Crippen LogP contribution in [0.5, 0.6) is 0 Å². The van der Waals surface area contributed by atoms with E-state index in [-0.39, 0.29) is 0 Å². The SMILES string of the molecule is Cc1cccn2c(C=O)c(-c3cc4ccccc4o3)cc12. The van der Waals surface area contributed by atoms with Gasteiger partial charge >= 0.3 is 0 Å². The molecule has 0 spiro atoms. The molecule has 0 aliphatic carbocycles. The molecule has 1 aromatic carbocycles. The fourth-order valence-corrected chi connectivity index (χ4v) is 2.80. The number of aromatic nitrogens is 1. The maximum Gasteiger partial charge on any atom is 0.167 e. The summed E-state index contributed by atoms with van der Waals surface area (Å²) in [5, 5.41) is 1.04. The monoisotopic (exact) mass is 275 g/mol. The summed E-state index contributed by atoms with van der Waals surface area (Å²) < 4.78 is 7.80. The van der Waals surface area contributed by atoms with Crippen molar-refractivity contribution in [2.24, 2.45) is 0 Å². The van der Waals surface area contributed by atoms with Crippen LogP contribution in [0.4, 0.5) is 0 Å². The maximum absolute atomic E-state index is 11.5. The van der Waals surface area contributed by atoms with Gasteiger partial charge in [-0.1, -0.05) is 24.3 Å². The van der Waals surface area contributed by atoms with Crippen LogP contribution in [0.3, 0.4) is 0 Å². The molecule has 0 unspecified atom stereocenters. The maximum atomic E-state index is 11.5. The number of aldehydes is 1. The number of fused-ring (bicyclic) bond motifs is 2. The van der Waals surface area contributed by atoms with Crippen molar-refractivity contribution in [3.8, 4) is 11.3 Å². The van der Waals surface area contributed by atoms with E-state index in [1.807, 2.05) is 66.1 Å². The fraction of sp³-hybridized carbons (Fsp3) is 0.0556. The number of hydrogen-bond donors (Lipinski definition) is 0. The number of aryl methyl sites for hydroxylation is 1. The van der Waals surface area contributed by atoms with Crippen LogP contribution in [0.2, 0.25) is 0 Å². The minimum Gasteiger partial charge on any atom is -0.456 e. The first-order chi connectivity index (χ1) is 10.3. The molecule has 0 amide bonds. The van der Waals surface area contributed by atoms with Gasteiger partial charge in [-0.3, -0.25) is 4.79 Å². The van der Waals surface area contributed by atoms with Gasteiger partial charge in [-0.05, 0) is 36.8 Å². The molecule has 0 fully saturated rings. The zero-order valence-corrected chi connectivity index (χ0v) is 11.5. The summed E-state index contributed by atoms with van der Waals surface area (Å²) in [4.78, 5) is 11.5. The summed E-state index contributed by atoms with van der Waals surface area (Å²) in [6.07, 6.45) is 2.78. The first-order valence-electron chi connectivity index (χ1n) is 6.83. The molecule has 0 saturated carbocycles. The molecule has 21 heavy (non-hydrogen) atoms. The molecule has 0 aliphatic rings. The summed E-state index contributed by atoms with van der Waals surface area (Å²) in [7, 11) is 0. The van der Waals surface area contributed by atoms with Crippen molar-refractivity contribution in [1.29, 1.82) is 0 Å². The van der Waals surface area contributed by atoms with Crippen LogP contribution in [-0.4, -0.2) is 10.7 Å². The highest BCUT2D eigenvalue weighted by Crippen LogP contribution is 2.32. The lowest BCUT2D eigenvalue weighted by Gasteiger charge is -1.99. The van der Waals surface area contributed by atoms with Crippen molar-refractivity contribution in [3.05, 3.63) is 66.0 Å². The van der Waals surface area contributed by atoms with E-state index < -0.39 is 0 Å². The highest BCUT2D eigenvalue weighted by molar-refractivity contribution is 5.92. The molecule has 3 heteroatoms. The fourth-order valence-electron chi connectivity index (χ4n) is 2.80. The van der Waals surface area contributed by atoms with Gasteiger partial charge in [-0.2, -0.15) is 0 Å². The van der Waals surface area contributed by atoms with Crippen molar-refractivity contribution < 1.29 is 9.21 Å². The molecular formula is C18H13NO2. The summed E-state index contributed by atoms with van der Waals surface area (Å²) in [5.74, 6) is 0.724. The van der Waals surface area contributed by atoms with Crippen LogP contribution in [0.1, 0.15) is 16.1 Å². The third-order valence-electron chi connectivity index (χ3n) is 3.86. The number of furan rings is 1. The molecule has 0 N–H and O–H groups in total. The Kier molecular flexibility index (Phi) is 2.48. The second kappa shape index (κ2) is 4.35. The predicted octanol–water partition coefficient (Wildman–Crippen LogP) is 4.47. The summed E-state index contributed by atoms with van der Waals surface area (Å²) in [6.45, 7) is 2.03. The number of carbonyl (C=O) groups is 1. The van der Waals surface area contributed by atoms with Gasteiger partial charge in [0, 0.05) is 22.7 Å². The molecule has 0 radical (unpaired) electrons. The van der Waals surface area contributed by atoms with Crippen molar-refractivity contribution >= 4 is 22.8 Å². The number of para-hydroxylation sites is 1. The average Bonchev–Trinajstić information content (AvgIpc) is 3.08. The molecule has 0 bridgehead atoms. The van der Waals surface area contributed by atoms with Crippen LogP contribution >= 0.6 is 0 Å². The van der Waals surface area contributed by atoms with Gasteiger partial charge in [0.25, 0.3) is 0 Å². The Morgan fingerprint density at radius 3 is 2.76 bits per heavy atom. The van der Waals surface area contributed by atoms with Gasteiger partial charge < -0.3 is 8.82 Å². The molecule has 4 aromatic rings. The van der Waals surface area contributed by atoms with Crippen molar-refractivity contribution in [3.63, 3.8) is 0 Å². The first-order valence-corrected chi connectivity index (χ1v) is 6.83. The summed E-state index contributed by atoms with van der Waals surface area (Å²) in [6, 6.07) is 15.8. The molecule has 4 rings (SSSR count). The molecule has 3 heterocycles. The van der Waals surface area contributed by atoms with E-state index in [2.05, 4.69) is 0 Å². The quantitative estimate of drug-likeness (QED) is 0.506. The number of hydrogen-bond acceptors (Lipinski definition) is 2. The Morgan fingerprint density at radius 1 is 1.10 bits per heavy atom. The third kappa shape index (κ3) is 1.71. The van der Waals surface area contributed by atoms with Crippen molar-refractivity contribution in [2.45, 2.75) is 6.92 Å². The number of pyridine rings is 1. The molecule has 3 nitrogen and oxygen atoms in total. The van der Waals surface area contributed by atoms with E-state index in [0.29, 0.717) is 5.69 Å². The van der Waals surface area contributed by atoms with Gasteiger partial charge in [-0.25, -0.2) is 0 Å². The van der Waals surface area contributed by atoms with E-state index >= 15 is 0 Å². The standard InChI is InChI=1S/C18H13NO2/c1-12-5-4-8-19-15(12)10-14(16(19)11-20)18-9-13-6-2-3-7-17(13)21-18/h2-11H,1H3. The molecule has 0 atom stereocenters. The van der Waals surface area contributed by atoms with Crippen LogP contribution in [-0.2, 0) is 0 Å². The van der Waals surface area contributed by atoms with Crippen LogP contribution < -0.4 is 0 Å². The number of nitrogens with zero attached hydrogens (tertiary/aromatic N) is 1. The zero-order chi connectivity index (χ0) is 14.4. The second-order valence-electron chi connectivity index (χ2n) is 5.16. The Labute approximate surface area is 121 Å². The van der Waals surface area contributed by atoms with Crippen LogP contribution in [0.15, 0.2) is 59.1 Å². The van der Waals surface area contributed by atoms with Gasteiger partial charge in [0.2, 0.25) is 0 Å². The summed E-state index contributed by atoms with van der Waals surface area (Å²) in [5.41, 5.74) is 4.43. The van der Waals surface area contributed by atoms with Gasteiger partial charge in [0.1, 0.15) is 11.3 Å². The molecular weight excluding hydrogens is 262 g/mol. The lowest BCUT2D eigenvalue weighted by molar-refractivity contribution is 0.111. The Morgan fingerprint density at radius 2 is 1.95 bits per heavy atom. The van der Waals surface area contributed by atoms with Gasteiger partial charge in [0.05, 0.1) is 5.69 Å². The highest BCUT2D eigenvalue weighted by Gasteiger charge is 2.15. The Balaban J connectivity index is 2.05. The second-order valence-corrected chi connectivity index (χ2v) is 5.16. The van der Waals surface area contributed by atoms with Crippen molar-refractivity contribution in [2.75, 3.05) is 0 Å². The van der Waals surface area contributed by atoms with Crippen LogP contribution in [0, 0.1) is 6.92 Å². The minimum absolute atomic E-state index is 0.618. The minimum atomic E-state index is 0.618. The largest absolute Gasteiger partial charge is 0.456 e. The van der Waals surface area contributed by atoms with E-state index in [1.54, 1.807) is 0 Å². The lowest BCUT2D eigenvalue weighted by atomic mass is 10.1. The predicted molar refractivity (Wildman–Crippen MR) is 82.7 cm³/mol. The van der Waals surface area contributed by atoms with E-state index in [4.69, 9.17) is 4.42 Å². The zero-order valence-electron chi connectivity index (χ0n) is 11.5. The normalized spacial score (nSPS) is 11.3. The molecule has 102 valence electrons.